The highest BCUT2D eigenvalue weighted by Gasteiger charge is 2.30. The van der Waals surface area contributed by atoms with Crippen LogP contribution in [0.3, 0.4) is 0 Å². The van der Waals surface area contributed by atoms with Gasteiger partial charge in [-0.25, -0.2) is 0 Å². The van der Waals surface area contributed by atoms with Crippen LogP contribution in [-0.2, 0) is 17.5 Å². The van der Waals surface area contributed by atoms with Crippen molar-refractivity contribution < 1.29 is 23.1 Å². The Morgan fingerprint density at radius 3 is 2.30 bits per heavy atom. The predicted molar refractivity (Wildman–Crippen MR) is 169 cm³/mol. The van der Waals surface area contributed by atoms with Crippen LogP contribution in [0.5, 0.6) is 0 Å². The van der Waals surface area contributed by atoms with E-state index in [-0.39, 0.29) is 13.0 Å². The van der Waals surface area contributed by atoms with Gasteiger partial charge in [0.15, 0.2) is 0 Å². The highest BCUT2D eigenvalue weighted by molar-refractivity contribution is 5.84. The number of piperidine rings is 1. The first-order valence-electron chi connectivity index (χ1n) is 15.8. The average Bonchev–Trinajstić information content (AvgIpc) is 3.03. The van der Waals surface area contributed by atoms with Crippen molar-refractivity contribution in [3.05, 3.63) is 59.2 Å². The standard InChI is InChI=1S/C32H44F3N5O.CH3NO/c33-32(34,35)28-3-1-2-26(18-28)20-37-31-19-27(6-9-30(31)38-29-7-4-25(23-41)5-8-29)22-40-16-14-39(15-17-40)21-24-10-12-36-13-11-24;2-1-3/h1-3,6,9,18-20,24-25,29,36,38,41H,4-5,7-8,10-17,21-23H2;1H,(H2,2,3). The summed E-state index contributed by atoms with van der Waals surface area (Å²) in [6, 6.07) is 11.9. The molecule has 0 aromatic heterocycles. The lowest BCUT2D eigenvalue weighted by Crippen LogP contribution is -2.48. The fourth-order valence-corrected chi connectivity index (χ4v) is 6.37. The summed E-state index contributed by atoms with van der Waals surface area (Å²) in [5.41, 5.74) is 6.71. The zero-order chi connectivity index (χ0) is 31.4. The van der Waals surface area contributed by atoms with Crippen LogP contribution < -0.4 is 16.4 Å². The second kappa shape index (κ2) is 16.9. The molecule has 0 atom stereocenters. The molecule has 0 radical (unpaired) electrons. The first kappa shape index (κ1) is 33.9. The molecular weight excluding hydrogens is 569 g/mol. The van der Waals surface area contributed by atoms with E-state index in [1.54, 1.807) is 6.07 Å². The number of halogens is 3. The summed E-state index contributed by atoms with van der Waals surface area (Å²) < 4.78 is 39.7. The molecule has 0 spiro atoms. The van der Waals surface area contributed by atoms with Gasteiger partial charge in [0.25, 0.3) is 0 Å². The number of carbonyl (C=O) groups excluding carboxylic acids is 1. The molecule has 44 heavy (non-hydrogen) atoms. The second-order valence-corrected chi connectivity index (χ2v) is 12.2. The number of aliphatic imine (C=N–C) groups is 1. The molecule has 2 aromatic rings. The minimum absolute atomic E-state index is 0.236. The van der Waals surface area contributed by atoms with Gasteiger partial charge in [0.1, 0.15) is 0 Å². The molecule has 5 rings (SSSR count). The molecule has 242 valence electrons. The molecule has 0 bridgehead atoms. The average molecular weight is 617 g/mol. The number of amides is 1. The van der Waals surface area contributed by atoms with Crippen LogP contribution in [0.1, 0.15) is 55.2 Å². The zero-order valence-electron chi connectivity index (χ0n) is 25.4. The van der Waals surface area contributed by atoms with Crippen molar-refractivity contribution in [2.75, 3.05) is 57.7 Å². The molecule has 2 aromatic carbocycles. The fourth-order valence-electron chi connectivity index (χ4n) is 6.37. The Morgan fingerprint density at radius 2 is 1.64 bits per heavy atom. The number of nitrogens with zero attached hydrogens (tertiary/aromatic N) is 3. The van der Waals surface area contributed by atoms with Crippen LogP contribution in [0.4, 0.5) is 24.5 Å². The number of hydrogen-bond donors (Lipinski definition) is 4. The van der Waals surface area contributed by atoms with Crippen molar-refractivity contribution in [3.8, 4) is 0 Å². The molecule has 1 saturated carbocycles. The van der Waals surface area contributed by atoms with Gasteiger partial charge < -0.3 is 26.4 Å². The molecule has 1 amide bonds. The summed E-state index contributed by atoms with van der Waals surface area (Å²) in [4.78, 5) is 18.4. The van der Waals surface area contributed by atoms with E-state index in [1.807, 2.05) is 0 Å². The van der Waals surface area contributed by atoms with Crippen LogP contribution in [0.15, 0.2) is 47.5 Å². The Morgan fingerprint density at radius 1 is 0.955 bits per heavy atom. The van der Waals surface area contributed by atoms with E-state index in [0.717, 1.165) is 106 Å². The predicted octanol–water partition coefficient (Wildman–Crippen LogP) is 4.64. The quantitative estimate of drug-likeness (QED) is 0.242. The Kier molecular flexibility index (Phi) is 13.0. The molecule has 3 aliphatic rings. The molecule has 1 aliphatic carbocycles. The smallest absolute Gasteiger partial charge is 0.396 e. The highest BCUT2D eigenvalue weighted by Crippen LogP contribution is 2.33. The van der Waals surface area contributed by atoms with Crippen LogP contribution in [-0.4, -0.2) is 86.0 Å². The number of nitrogens with one attached hydrogen (secondary N) is 2. The first-order chi connectivity index (χ1) is 21.3. The molecule has 2 saturated heterocycles. The number of carbonyl (C=O) groups is 1. The van der Waals surface area contributed by atoms with Gasteiger partial charge in [0.05, 0.1) is 16.9 Å². The third-order valence-corrected chi connectivity index (χ3v) is 8.94. The molecule has 11 heteroatoms. The molecule has 2 aliphatic heterocycles. The molecule has 0 unspecified atom stereocenters. The highest BCUT2D eigenvalue weighted by atomic mass is 19.4. The number of benzene rings is 2. The molecule has 3 fully saturated rings. The van der Waals surface area contributed by atoms with Gasteiger partial charge in [-0.15, -0.1) is 0 Å². The number of rotatable bonds is 9. The van der Waals surface area contributed by atoms with Crippen molar-refractivity contribution >= 4 is 24.0 Å². The number of aliphatic hydroxyl groups excluding tert-OH is 1. The maximum Gasteiger partial charge on any atom is 0.416 e. The van der Waals surface area contributed by atoms with Crippen LogP contribution in [0.2, 0.25) is 0 Å². The van der Waals surface area contributed by atoms with E-state index in [1.165, 1.54) is 31.7 Å². The Hall–Kier alpha value is -2.99. The van der Waals surface area contributed by atoms with E-state index >= 15 is 0 Å². The normalized spacial score (nSPS) is 22.4. The lowest BCUT2D eigenvalue weighted by Gasteiger charge is -2.37. The number of nitrogens with two attached hydrogens (primary N) is 1. The Labute approximate surface area is 258 Å². The monoisotopic (exact) mass is 616 g/mol. The molecule has 8 nitrogen and oxygen atoms in total. The van der Waals surface area contributed by atoms with Crippen molar-refractivity contribution in [1.29, 1.82) is 0 Å². The SMILES string of the molecule is NC=O.OCC1CCC(Nc2ccc(CN3CCN(CC4CCNCC4)CC3)cc2N=Cc2cccc(C(F)(F)F)c2)CC1. The van der Waals surface area contributed by atoms with Crippen molar-refractivity contribution in [2.45, 2.75) is 57.3 Å². The second-order valence-electron chi connectivity index (χ2n) is 12.2. The minimum atomic E-state index is -4.39. The summed E-state index contributed by atoms with van der Waals surface area (Å²) in [5, 5.41) is 16.6. The zero-order valence-corrected chi connectivity index (χ0v) is 25.4. The molecule has 2 heterocycles. The maximum absolute atomic E-state index is 13.2. The summed E-state index contributed by atoms with van der Waals surface area (Å²) in [5.74, 6) is 1.17. The lowest BCUT2D eigenvalue weighted by atomic mass is 9.86. The van der Waals surface area contributed by atoms with Crippen molar-refractivity contribution in [3.63, 3.8) is 0 Å². The van der Waals surface area contributed by atoms with E-state index in [2.05, 4.69) is 44.4 Å². The summed E-state index contributed by atoms with van der Waals surface area (Å²) >= 11 is 0. The number of aliphatic hydroxyl groups is 1. The van der Waals surface area contributed by atoms with Gasteiger partial charge in [-0.2, -0.15) is 13.2 Å². The van der Waals surface area contributed by atoms with E-state index in [9.17, 15) is 18.3 Å². The van der Waals surface area contributed by atoms with Crippen LogP contribution >= 0.6 is 0 Å². The number of alkyl halides is 3. The summed E-state index contributed by atoms with van der Waals surface area (Å²) in [6.07, 6.45) is 3.86. The van der Waals surface area contributed by atoms with E-state index in [0.29, 0.717) is 17.5 Å². The van der Waals surface area contributed by atoms with Crippen LogP contribution in [0, 0.1) is 11.8 Å². The van der Waals surface area contributed by atoms with Crippen LogP contribution in [0.25, 0.3) is 0 Å². The van der Waals surface area contributed by atoms with Gasteiger partial charge in [0, 0.05) is 58.1 Å². The van der Waals surface area contributed by atoms with Gasteiger partial charge in [-0.3, -0.25) is 14.7 Å². The third-order valence-electron chi connectivity index (χ3n) is 8.94. The Bertz CT molecular complexity index is 1190. The summed E-state index contributed by atoms with van der Waals surface area (Å²) in [6.45, 7) is 8.76. The lowest BCUT2D eigenvalue weighted by molar-refractivity contribution is -0.137. The fraction of sp³-hybridized carbons (Fsp3) is 0.576. The van der Waals surface area contributed by atoms with Crippen molar-refractivity contribution in [1.82, 2.24) is 15.1 Å². The van der Waals surface area contributed by atoms with Gasteiger partial charge in [-0.05, 0) is 98.8 Å². The topological polar surface area (TPSA) is 106 Å². The van der Waals surface area contributed by atoms with Crippen molar-refractivity contribution in [2.24, 2.45) is 22.6 Å². The van der Waals surface area contributed by atoms with E-state index < -0.39 is 11.7 Å². The van der Waals surface area contributed by atoms with Gasteiger partial charge in [0.2, 0.25) is 6.41 Å². The minimum Gasteiger partial charge on any atom is -0.396 e. The maximum atomic E-state index is 13.2. The van der Waals surface area contributed by atoms with Gasteiger partial charge >= 0.3 is 6.18 Å². The number of anilines is 1. The number of hydrogen-bond acceptors (Lipinski definition) is 7. The first-order valence-corrected chi connectivity index (χ1v) is 15.8. The third kappa shape index (κ3) is 10.6. The number of primary amides is 1. The summed E-state index contributed by atoms with van der Waals surface area (Å²) in [7, 11) is 0. The molecular formula is C33H47F3N6O2. The Balaban J connectivity index is 0.00000141. The molecule has 5 N–H and O–H groups in total. The largest absolute Gasteiger partial charge is 0.416 e. The number of piperazine rings is 1. The van der Waals surface area contributed by atoms with E-state index in [4.69, 9.17) is 9.79 Å². The van der Waals surface area contributed by atoms with Gasteiger partial charge in [-0.1, -0.05) is 18.2 Å².